The van der Waals surface area contributed by atoms with Crippen LogP contribution in [0.15, 0.2) is 24.3 Å². The molecule has 4 nitrogen and oxygen atoms in total. The van der Waals surface area contributed by atoms with E-state index in [4.69, 9.17) is 0 Å². The molecular formula is C13H16FNO3S. The number of hydrogen-bond acceptors (Lipinski definition) is 3. The summed E-state index contributed by atoms with van der Waals surface area (Å²) in [6, 6.07) is 5.75. The van der Waals surface area contributed by atoms with Gasteiger partial charge in [0, 0.05) is 6.54 Å². The molecule has 1 aromatic rings. The smallest absolute Gasteiger partial charge is 0.224 e. The fourth-order valence-corrected chi connectivity index (χ4v) is 4.00. The third kappa shape index (κ3) is 4.31. The molecule has 6 heteroatoms. The van der Waals surface area contributed by atoms with Crippen molar-refractivity contribution in [2.45, 2.75) is 12.8 Å². The molecule has 0 radical (unpaired) electrons. The van der Waals surface area contributed by atoms with Crippen molar-refractivity contribution in [1.82, 2.24) is 5.32 Å². The van der Waals surface area contributed by atoms with Gasteiger partial charge in [-0.05, 0) is 30.0 Å². The van der Waals surface area contributed by atoms with E-state index in [1.165, 1.54) is 12.1 Å². The first kappa shape index (κ1) is 14.0. The quantitative estimate of drug-likeness (QED) is 0.894. The fourth-order valence-electron chi connectivity index (χ4n) is 2.14. The Morgan fingerprint density at radius 1 is 1.32 bits per heavy atom. The number of benzene rings is 1. The molecule has 0 aromatic heterocycles. The lowest BCUT2D eigenvalue weighted by Gasteiger charge is -2.09. The van der Waals surface area contributed by atoms with E-state index >= 15 is 0 Å². The molecule has 1 atom stereocenters. The minimum absolute atomic E-state index is 0.0159. The molecule has 1 fully saturated rings. The number of amides is 1. The largest absolute Gasteiger partial charge is 0.356 e. The third-order valence-corrected chi connectivity index (χ3v) is 5.03. The van der Waals surface area contributed by atoms with E-state index in [-0.39, 0.29) is 35.6 Å². The molecule has 0 aliphatic carbocycles. The lowest BCUT2D eigenvalue weighted by Crippen LogP contribution is -2.31. The molecule has 0 spiro atoms. The number of sulfone groups is 1. The Bertz CT molecular complexity index is 554. The summed E-state index contributed by atoms with van der Waals surface area (Å²) in [5.74, 6) is -0.117. The predicted molar refractivity (Wildman–Crippen MR) is 69.9 cm³/mol. The number of carbonyl (C=O) groups excluding carboxylic acids is 1. The van der Waals surface area contributed by atoms with Crippen LogP contribution in [-0.2, 0) is 21.1 Å². The van der Waals surface area contributed by atoms with Gasteiger partial charge >= 0.3 is 0 Å². The van der Waals surface area contributed by atoms with Crippen molar-refractivity contribution in [3.8, 4) is 0 Å². The van der Waals surface area contributed by atoms with Crippen molar-refractivity contribution >= 4 is 15.7 Å². The maximum atomic E-state index is 12.7. The summed E-state index contributed by atoms with van der Waals surface area (Å²) in [6.07, 6.45) is 0.791. The van der Waals surface area contributed by atoms with Gasteiger partial charge in [0.1, 0.15) is 5.82 Å². The molecular weight excluding hydrogens is 269 g/mol. The Hall–Kier alpha value is -1.43. The average molecular weight is 285 g/mol. The number of rotatable bonds is 4. The van der Waals surface area contributed by atoms with Gasteiger partial charge in [-0.15, -0.1) is 0 Å². The van der Waals surface area contributed by atoms with Crippen LogP contribution in [0.4, 0.5) is 4.39 Å². The Morgan fingerprint density at radius 2 is 2.00 bits per heavy atom. The summed E-state index contributed by atoms with van der Waals surface area (Å²) >= 11 is 0. The molecule has 2 rings (SSSR count). The lowest BCUT2D eigenvalue weighted by molar-refractivity contribution is -0.120. The first-order valence-corrected chi connectivity index (χ1v) is 7.98. The van der Waals surface area contributed by atoms with E-state index in [2.05, 4.69) is 5.32 Å². The second-order valence-corrected chi connectivity index (χ2v) is 7.11. The zero-order valence-corrected chi connectivity index (χ0v) is 11.2. The van der Waals surface area contributed by atoms with Crippen molar-refractivity contribution < 1.29 is 17.6 Å². The van der Waals surface area contributed by atoms with Crippen LogP contribution >= 0.6 is 0 Å². The average Bonchev–Trinajstić information content (AvgIpc) is 2.69. The van der Waals surface area contributed by atoms with E-state index in [0.29, 0.717) is 13.0 Å². The Balaban J connectivity index is 1.78. The highest BCUT2D eigenvalue weighted by Crippen LogP contribution is 2.17. The summed E-state index contributed by atoms with van der Waals surface area (Å²) in [5, 5.41) is 2.73. The monoisotopic (exact) mass is 285 g/mol. The maximum Gasteiger partial charge on any atom is 0.224 e. The predicted octanol–water partition coefficient (Wildman–Crippen LogP) is 0.919. The van der Waals surface area contributed by atoms with Crippen molar-refractivity contribution in [2.24, 2.45) is 5.92 Å². The highest BCUT2D eigenvalue weighted by Gasteiger charge is 2.27. The molecule has 1 unspecified atom stereocenters. The summed E-state index contributed by atoms with van der Waals surface area (Å²) < 4.78 is 35.2. The molecule has 0 bridgehead atoms. The second-order valence-electron chi connectivity index (χ2n) is 4.88. The number of carbonyl (C=O) groups is 1. The summed E-state index contributed by atoms with van der Waals surface area (Å²) in [6.45, 7) is 0.388. The van der Waals surface area contributed by atoms with Gasteiger partial charge in [-0.1, -0.05) is 12.1 Å². The summed E-state index contributed by atoms with van der Waals surface area (Å²) in [5.41, 5.74) is 0.734. The maximum absolute atomic E-state index is 12.7. The zero-order chi connectivity index (χ0) is 13.9. The van der Waals surface area contributed by atoms with Gasteiger partial charge in [0.2, 0.25) is 5.91 Å². The Kier molecular flexibility index (Phi) is 4.19. The van der Waals surface area contributed by atoms with Crippen LogP contribution in [0.1, 0.15) is 12.0 Å². The second kappa shape index (κ2) is 5.69. The highest BCUT2D eigenvalue weighted by molar-refractivity contribution is 7.91. The van der Waals surface area contributed by atoms with Gasteiger partial charge in [0.05, 0.1) is 17.9 Å². The molecule has 19 heavy (non-hydrogen) atoms. The lowest BCUT2D eigenvalue weighted by atomic mass is 10.1. The highest BCUT2D eigenvalue weighted by atomic mass is 32.2. The molecule has 1 aliphatic heterocycles. The molecule has 1 saturated heterocycles. The molecule has 1 aliphatic rings. The van der Waals surface area contributed by atoms with Gasteiger partial charge < -0.3 is 5.32 Å². The van der Waals surface area contributed by atoms with Gasteiger partial charge in [-0.25, -0.2) is 12.8 Å². The van der Waals surface area contributed by atoms with Gasteiger partial charge in [0.25, 0.3) is 0 Å². The molecule has 1 amide bonds. The van der Waals surface area contributed by atoms with Crippen LogP contribution in [-0.4, -0.2) is 32.4 Å². The molecule has 1 heterocycles. The SMILES string of the molecule is O=C(Cc1ccc(F)cc1)NCC1CCS(=O)(=O)C1. The molecule has 1 aromatic carbocycles. The topological polar surface area (TPSA) is 63.2 Å². The van der Waals surface area contributed by atoms with E-state index < -0.39 is 9.84 Å². The first-order valence-electron chi connectivity index (χ1n) is 6.16. The molecule has 1 N–H and O–H groups in total. The van der Waals surface area contributed by atoms with Gasteiger partial charge in [-0.3, -0.25) is 4.79 Å². The van der Waals surface area contributed by atoms with Crippen molar-refractivity contribution in [3.05, 3.63) is 35.6 Å². The van der Waals surface area contributed by atoms with Crippen LogP contribution in [0.5, 0.6) is 0 Å². The third-order valence-electron chi connectivity index (χ3n) is 3.19. The first-order chi connectivity index (χ1) is 8.94. The standard InChI is InChI=1S/C13H16FNO3S/c14-12-3-1-10(2-4-12)7-13(16)15-8-11-5-6-19(17,18)9-11/h1-4,11H,5-9H2,(H,15,16). The van der Waals surface area contributed by atoms with Crippen molar-refractivity contribution in [3.63, 3.8) is 0 Å². The van der Waals surface area contributed by atoms with Crippen LogP contribution < -0.4 is 5.32 Å². The fraction of sp³-hybridized carbons (Fsp3) is 0.462. The number of hydrogen-bond donors (Lipinski definition) is 1. The van der Waals surface area contributed by atoms with E-state index in [9.17, 15) is 17.6 Å². The summed E-state index contributed by atoms with van der Waals surface area (Å²) in [7, 11) is -2.90. The van der Waals surface area contributed by atoms with Gasteiger partial charge in [0.15, 0.2) is 9.84 Å². The number of halogens is 1. The van der Waals surface area contributed by atoms with Crippen LogP contribution in [0.25, 0.3) is 0 Å². The van der Waals surface area contributed by atoms with Crippen molar-refractivity contribution in [2.75, 3.05) is 18.1 Å². The van der Waals surface area contributed by atoms with Gasteiger partial charge in [-0.2, -0.15) is 0 Å². The minimum Gasteiger partial charge on any atom is -0.356 e. The summed E-state index contributed by atoms with van der Waals surface area (Å²) in [4.78, 5) is 11.7. The van der Waals surface area contributed by atoms with Crippen molar-refractivity contribution in [1.29, 1.82) is 0 Å². The number of nitrogens with one attached hydrogen (secondary N) is 1. The zero-order valence-electron chi connectivity index (χ0n) is 10.4. The van der Waals surface area contributed by atoms with E-state index in [0.717, 1.165) is 5.56 Å². The Labute approximate surface area is 111 Å². The van der Waals surface area contributed by atoms with E-state index in [1.807, 2.05) is 0 Å². The molecule has 104 valence electrons. The molecule has 0 saturated carbocycles. The normalized spacial score (nSPS) is 21.2. The van der Waals surface area contributed by atoms with E-state index in [1.54, 1.807) is 12.1 Å². The minimum atomic E-state index is -2.90. The van der Waals surface area contributed by atoms with Crippen LogP contribution in [0.3, 0.4) is 0 Å². The van der Waals surface area contributed by atoms with Crippen LogP contribution in [0, 0.1) is 11.7 Å². The van der Waals surface area contributed by atoms with Crippen LogP contribution in [0.2, 0.25) is 0 Å². The Morgan fingerprint density at radius 3 is 2.58 bits per heavy atom.